The molecule has 4 heteroatoms. The molecule has 0 heterocycles. The maximum atomic E-state index is 11.7. The molecule has 0 saturated carbocycles. The van der Waals surface area contributed by atoms with E-state index in [9.17, 15) is 4.79 Å². The SMILES string of the molecule is C=COCCCNC(=O)CCC(CCN)C(C)(C)C. The van der Waals surface area contributed by atoms with Gasteiger partial charge in [-0.05, 0) is 37.1 Å². The van der Waals surface area contributed by atoms with Gasteiger partial charge in [0.15, 0.2) is 0 Å². The molecule has 1 unspecified atom stereocenters. The monoisotopic (exact) mass is 270 g/mol. The first-order chi connectivity index (χ1) is 8.91. The Balaban J connectivity index is 3.83. The van der Waals surface area contributed by atoms with E-state index in [1.807, 2.05) is 0 Å². The highest BCUT2D eigenvalue weighted by molar-refractivity contribution is 5.75. The highest BCUT2D eigenvalue weighted by atomic mass is 16.5. The predicted octanol–water partition coefficient (Wildman–Crippen LogP) is 2.44. The lowest BCUT2D eigenvalue weighted by molar-refractivity contribution is -0.121. The third-order valence-electron chi connectivity index (χ3n) is 3.34. The molecule has 1 amide bonds. The van der Waals surface area contributed by atoms with E-state index in [0.717, 1.165) is 19.3 Å². The topological polar surface area (TPSA) is 64.3 Å². The Hall–Kier alpha value is -1.03. The van der Waals surface area contributed by atoms with Crippen LogP contribution in [0, 0.1) is 11.3 Å². The van der Waals surface area contributed by atoms with Crippen molar-refractivity contribution in [2.24, 2.45) is 17.1 Å². The van der Waals surface area contributed by atoms with Crippen molar-refractivity contribution in [1.82, 2.24) is 5.32 Å². The average molecular weight is 270 g/mol. The van der Waals surface area contributed by atoms with Crippen LogP contribution in [-0.4, -0.2) is 25.6 Å². The van der Waals surface area contributed by atoms with Crippen LogP contribution < -0.4 is 11.1 Å². The van der Waals surface area contributed by atoms with Crippen LogP contribution in [0.2, 0.25) is 0 Å². The molecule has 1 atom stereocenters. The molecule has 112 valence electrons. The Kier molecular flexibility index (Phi) is 9.31. The zero-order valence-corrected chi connectivity index (χ0v) is 12.7. The molecule has 0 aromatic rings. The van der Waals surface area contributed by atoms with E-state index in [1.54, 1.807) is 0 Å². The molecule has 4 nitrogen and oxygen atoms in total. The van der Waals surface area contributed by atoms with Gasteiger partial charge in [-0.15, -0.1) is 0 Å². The molecule has 0 fully saturated rings. The number of hydrogen-bond donors (Lipinski definition) is 2. The molecule has 19 heavy (non-hydrogen) atoms. The molecule has 0 rings (SSSR count). The number of hydrogen-bond acceptors (Lipinski definition) is 3. The summed E-state index contributed by atoms with van der Waals surface area (Å²) in [6.07, 6.45) is 4.68. The van der Waals surface area contributed by atoms with Gasteiger partial charge in [-0.1, -0.05) is 27.4 Å². The van der Waals surface area contributed by atoms with E-state index in [4.69, 9.17) is 10.5 Å². The van der Waals surface area contributed by atoms with Crippen LogP contribution in [-0.2, 0) is 9.53 Å². The van der Waals surface area contributed by atoms with Gasteiger partial charge in [0, 0.05) is 13.0 Å². The van der Waals surface area contributed by atoms with Crippen molar-refractivity contribution in [3.05, 3.63) is 12.8 Å². The Morgan fingerprint density at radius 3 is 2.63 bits per heavy atom. The minimum absolute atomic E-state index is 0.116. The van der Waals surface area contributed by atoms with Gasteiger partial charge >= 0.3 is 0 Å². The normalized spacial score (nSPS) is 12.8. The van der Waals surface area contributed by atoms with Crippen molar-refractivity contribution in [1.29, 1.82) is 0 Å². The molecular formula is C15H30N2O2. The quantitative estimate of drug-likeness (QED) is 0.473. The molecule has 0 radical (unpaired) electrons. The Bertz CT molecular complexity index is 259. The second-order valence-corrected chi connectivity index (χ2v) is 5.92. The molecule has 0 aliphatic heterocycles. The van der Waals surface area contributed by atoms with Crippen molar-refractivity contribution in [3.63, 3.8) is 0 Å². The summed E-state index contributed by atoms with van der Waals surface area (Å²) >= 11 is 0. The van der Waals surface area contributed by atoms with Crippen LogP contribution in [0.4, 0.5) is 0 Å². The maximum absolute atomic E-state index is 11.7. The van der Waals surface area contributed by atoms with Gasteiger partial charge in [-0.2, -0.15) is 0 Å². The van der Waals surface area contributed by atoms with Crippen LogP contribution in [0.3, 0.4) is 0 Å². The largest absolute Gasteiger partial charge is 0.502 e. The van der Waals surface area contributed by atoms with E-state index >= 15 is 0 Å². The standard InChI is InChI=1S/C15H30N2O2/c1-5-19-12-6-11-17-14(18)8-7-13(9-10-16)15(2,3)4/h5,13H,1,6-12,16H2,2-4H3,(H,17,18). The Morgan fingerprint density at radius 1 is 1.42 bits per heavy atom. The van der Waals surface area contributed by atoms with E-state index in [2.05, 4.69) is 32.7 Å². The van der Waals surface area contributed by atoms with Crippen molar-refractivity contribution >= 4 is 5.91 Å². The molecule has 0 bridgehead atoms. The number of rotatable bonds is 10. The van der Waals surface area contributed by atoms with Crippen molar-refractivity contribution < 1.29 is 9.53 Å². The zero-order valence-electron chi connectivity index (χ0n) is 12.7. The lowest BCUT2D eigenvalue weighted by Gasteiger charge is -2.30. The zero-order chi connectivity index (χ0) is 14.7. The molecular weight excluding hydrogens is 240 g/mol. The van der Waals surface area contributed by atoms with Crippen LogP contribution in [0.5, 0.6) is 0 Å². The molecule has 0 aliphatic rings. The van der Waals surface area contributed by atoms with Crippen molar-refractivity contribution in [2.45, 2.75) is 46.5 Å². The van der Waals surface area contributed by atoms with Crippen LogP contribution in [0.15, 0.2) is 12.8 Å². The Labute approximate surface area is 117 Å². The number of carbonyl (C=O) groups is 1. The first-order valence-corrected chi connectivity index (χ1v) is 7.11. The first kappa shape index (κ1) is 18.0. The second-order valence-electron chi connectivity index (χ2n) is 5.92. The van der Waals surface area contributed by atoms with Crippen molar-refractivity contribution in [2.75, 3.05) is 19.7 Å². The van der Waals surface area contributed by atoms with Gasteiger partial charge in [0.2, 0.25) is 5.91 Å². The third kappa shape index (κ3) is 9.54. The number of ether oxygens (including phenoxy) is 1. The molecule has 0 aromatic carbocycles. The van der Waals surface area contributed by atoms with E-state index in [0.29, 0.717) is 32.0 Å². The molecule has 0 aromatic heterocycles. The van der Waals surface area contributed by atoms with Gasteiger partial charge in [-0.25, -0.2) is 0 Å². The van der Waals surface area contributed by atoms with Crippen molar-refractivity contribution in [3.8, 4) is 0 Å². The van der Waals surface area contributed by atoms with Gasteiger partial charge in [0.05, 0.1) is 12.9 Å². The molecule has 3 N–H and O–H groups in total. The summed E-state index contributed by atoms with van der Waals surface area (Å²) in [5.41, 5.74) is 5.84. The second kappa shape index (κ2) is 9.84. The minimum Gasteiger partial charge on any atom is -0.502 e. The third-order valence-corrected chi connectivity index (χ3v) is 3.34. The summed E-state index contributed by atoms with van der Waals surface area (Å²) in [5, 5.41) is 2.91. The summed E-state index contributed by atoms with van der Waals surface area (Å²) in [4.78, 5) is 11.7. The highest BCUT2D eigenvalue weighted by Crippen LogP contribution is 2.31. The summed E-state index contributed by atoms with van der Waals surface area (Å²) in [7, 11) is 0. The summed E-state index contributed by atoms with van der Waals surface area (Å²) in [6, 6.07) is 0. The number of nitrogens with two attached hydrogens (primary N) is 1. The van der Waals surface area contributed by atoms with Crippen LogP contribution in [0.25, 0.3) is 0 Å². The molecule has 0 aliphatic carbocycles. The first-order valence-electron chi connectivity index (χ1n) is 7.11. The van der Waals surface area contributed by atoms with E-state index < -0.39 is 0 Å². The summed E-state index contributed by atoms with van der Waals surface area (Å²) < 4.78 is 4.99. The lowest BCUT2D eigenvalue weighted by Crippen LogP contribution is -2.28. The fraction of sp³-hybridized carbons (Fsp3) is 0.800. The number of carbonyl (C=O) groups excluding carboxylic acids is 1. The van der Waals surface area contributed by atoms with Gasteiger partial charge in [-0.3, -0.25) is 4.79 Å². The van der Waals surface area contributed by atoms with Gasteiger partial charge in [0.25, 0.3) is 0 Å². The lowest BCUT2D eigenvalue weighted by atomic mass is 9.76. The Morgan fingerprint density at radius 2 is 2.11 bits per heavy atom. The predicted molar refractivity (Wildman–Crippen MR) is 79.6 cm³/mol. The summed E-state index contributed by atoms with van der Waals surface area (Å²) in [5.74, 6) is 0.609. The average Bonchev–Trinajstić information content (AvgIpc) is 2.32. The summed E-state index contributed by atoms with van der Waals surface area (Å²) in [6.45, 7) is 12.0. The fourth-order valence-electron chi connectivity index (χ4n) is 2.07. The van der Waals surface area contributed by atoms with E-state index in [-0.39, 0.29) is 11.3 Å². The maximum Gasteiger partial charge on any atom is 0.220 e. The highest BCUT2D eigenvalue weighted by Gasteiger charge is 2.24. The minimum atomic E-state index is 0.116. The smallest absolute Gasteiger partial charge is 0.220 e. The number of nitrogens with one attached hydrogen (secondary N) is 1. The fourth-order valence-corrected chi connectivity index (χ4v) is 2.07. The van der Waals surface area contributed by atoms with Gasteiger partial charge in [0.1, 0.15) is 0 Å². The van der Waals surface area contributed by atoms with Gasteiger partial charge < -0.3 is 15.8 Å². The molecule has 0 saturated heterocycles. The van der Waals surface area contributed by atoms with E-state index in [1.165, 1.54) is 6.26 Å². The van der Waals surface area contributed by atoms with Crippen LogP contribution >= 0.6 is 0 Å². The number of amides is 1. The van der Waals surface area contributed by atoms with Crippen LogP contribution in [0.1, 0.15) is 46.5 Å². The molecule has 0 spiro atoms.